The van der Waals surface area contributed by atoms with Crippen LogP contribution in [-0.4, -0.2) is 36.3 Å². The molecule has 1 aromatic carbocycles. The van der Waals surface area contributed by atoms with Crippen molar-refractivity contribution in [3.8, 4) is 0 Å². The molecule has 22 heavy (non-hydrogen) atoms. The number of likely N-dealkylation sites (tertiary alicyclic amines) is 1. The highest BCUT2D eigenvalue weighted by Crippen LogP contribution is 2.23. The third kappa shape index (κ3) is 4.32. The summed E-state index contributed by atoms with van der Waals surface area (Å²) in [6.07, 6.45) is 4.49. The van der Waals surface area contributed by atoms with E-state index in [1.165, 1.54) is 19.8 Å². The molecule has 0 spiro atoms. The molecule has 0 atom stereocenters. The van der Waals surface area contributed by atoms with Crippen molar-refractivity contribution in [2.45, 2.75) is 39.5 Å². The predicted octanol–water partition coefficient (Wildman–Crippen LogP) is 3.51. The van der Waals surface area contributed by atoms with E-state index in [-0.39, 0.29) is 18.4 Å². The van der Waals surface area contributed by atoms with Crippen LogP contribution < -0.4 is 4.90 Å². The summed E-state index contributed by atoms with van der Waals surface area (Å²) >= 11 is 3.46. The van der Waals surface area contributed by atoms with Crippen molar-refractivity contribution in [2.24, 2.45) is 0 Å². The fourth-order valence-corrected chi connectivity index (χ4v) is 2.98. The SMILES string of the molecule is CC(=O)N(CC(=O)N1CCCCCC1)c1ccc(Br)c(C)c1. The van der Waals surface area contributed by atoms with Crippen LogP contribution in [0.5, 0.6) is 0 Å². The molecule has 120 valence electrons. The van der Waals surface area contributed by atoms with Crippen molar-refractivity contribution >= 4 is 33.4 Å². The zero-order valence-electron chi connectivity index (χ0n) is 13.3. The Bertz CT molecular complexity index is 552. The van der Waals surface area contributed by atoms with Gasteiger partial charge < -0.3 is 9.80 Å². The minimum Gasteiger partial charge on any atom is -0.341 e. The second-order valence-corrected chi connectivity index (χ2v) is 6.69. The van der Waals surface area contributed by atoms with E-state index in [0.29, 0.717) is 0 Å². The van der Waals surface area contributed by atoms with E-state index in [1.54, 1.807) is 4.90 Å². The second-order valence-electron chi connectivity index (χ2n) is 5.83. The molecule has 1 fully saturated rings. The van der Waals surface area contributed by atoms with Gasteiger partial charge in [0.15, 0.2) is 0 Å². The third-order valence-electron chi connectivity index (χ3n) is 4.09. The number of nitrogens with zero attached hydrogens (tertiary/aromatic N) is 2. The first-order chi connectivity index (χ1) is 10.5. The van der Waals surface area contributed by atoms with Gasteiger partial charge in [-0.1, -0.05) is 28.8 Å². The zero-order chi connectivity index (χ0) is 16.1. The molecule has 0 aromatic heterocycles. The molecule has 0 N–H and O–H groups in total. The Morgan fingerprint density at radius 1 is 1.18 bits per heavy atom. The maximum absolute atomic E-state index is 12.5. The van der Waals surface area contributed by atoms with Crippen LogP contribution in [0.2, 0.25) is 0 Å². The second kappa shape index (κ2) is 7.77. The van der Waals surface area contributed by atoms with Gasteiger partial charge in [0.25, 0.3) is 0 Å². The Morgan fingerprint density at radius 3 is 2.36 bits per heavy atom. The molecule has 0 bridgehead atoms. The number of rotatable bonds is 3. The maximum atomic E-state index is 12.5. The molecule has 1 aliphatic rings. The number of anilines is 1. The van der Waals surface area contributed by atoms with Crippen LogP contribution in [0.15, 0.2) is 22.7 Å². The van der Waals surface area contributed by atoms with Gasteiger partial charge in [-0.05, 0) is 43.5 Å². The maximum Gasteiger partial charge on any atom is 0.242 e. The number of aryl methyl sites for hydroxylation is 1. The van der Waals surface area contributed by atoms with Crippen molar-refractivity contribution in [3.63, 3.8) is 0 Å². The summed E-state index contributed by atoms with van der Waals surface area (Å²) in [7, 11) is 0. The number of carbonyl (C=O) groups excluding carboxylic acids is 2. The summed E-state index contributed by atoms with van der Waals surface area (Å²) < 4.78 is 0.999. The van der Waals surface area contributed by atoms with E-state index in [9.17, 15) is 9.59 Å². The molecule has 0 aliphatic carbocycles. The van der Waals surface area contributed by atoms with E-state index in [0.717, 1.165) is 41.7 Å². The van der Waals surface area contributed by atoms with Gasteiger partial charge >= 0.3 is 0 Å². The molecule has 1 saturated heterocycles. The van der Waals surface area contributed by atoms with Gasteiger partial charge in [-0.15, -0.1) is 0 Å². The number of amides is 2. The fraction of sp³-hybridized carbons (Fsp3) is 0.529. The van der Waals surface area contributed by atoms with Gasteiger partial charge in [0, 0.05) is 30.2 Å². The number of halogens is 1. The molecule has 2 rings (SSSR count). The lowest BCUT2D eigenvalue weighted by Crippen LogP contribution is -2.42. The first kappa shape index (κ1) is 17.0. The zero-order valence-corrected chi connectivity index (χ0v) is 14.9. The summed E-state index contributed by atoms with van der Waals surface area (Å²) in [6.45, 7) is 5.22. The largest absolute Gasteiger partial charge is 0.341 e. The lowest BCUT2D eigenvalue weighted by atomic mass is 10.2. The van der Waals surface area contributed by atoms with Gasteiger partial charge in [0.1, 0.15) is 6.54 Å². The predicted molar refractivity (Wildman–Crippen MR) is 92.0 cm³/mol. The van der Waals surface area contributed by atoms with Crippen LogP contribution >= 0.6 is 15.9 Å². The molecule has 0 radical (unpaired) electrons. The molecule has 4 nitrogen and oxygen atoms in total. The third-order valence-corrected chi connectivity index (χ3v) is 4.98. The van der Waals surface area contributed by atoms with Crippen LogP contribution in [0.3, 0.4) is 0 Å². The summed E-state index contributed by atoms with van der Waals surface area (Å²) in [4.78, 5) is 27.9. The van der Waals surface area contributed by atoms with Gasteiger partial charge in [-0.25, -0.2) is 0 Å². The molecule has 1 aliphatic heterocycles. The van der Waals surface area contributed by atoms with E-state index in [1.807, 2.05) is 30.0 Å². The quantitative estimate of drug-likeness (QED) is 0.820. The van der Waals surface area contributed by atoms with E-state index < -0.39 is 0 Å². The molecule has 0 unspecified atom stereocenters. The fourth-order valence-electron chi connectivity index (χ4n) is 2.74. The Hall–Kier alpha value is -1.36. The lowest BCUT2D eigenvalue weighted by Gasteiger charge is -2.26. The van der Waals surface area contributed by atoms with Crippen molar-refractivity contribution in [1.29, 1.82) is 0 Å². The molecular weight excluding hydrogens is 344 g/mol. The van der Waals surface area contributed by atoms with Crippen LogP contribution in [0.25, 0.3) is 0 Å². The normalized spacial score (nSPS) is 15.3. The van der Waals surface area contributed by atoms with E-state index >= 15 is 0 Å². The Balaban J connectivity index is 2.12. The molecule has 0 saturated carbocycles. The van der Waals surface area contributed by atoms with Crippen molar-refractivity contribution < 1.29 is 9.59 Å². The standard InChI is InChI=1S/C17H23BrN2O2/c1-13-11-15(7-8-16(13)18)20(14(2)21)12-17(22)19-9-5-3-4-6-10-19/h7-8,11H,3-6,9-10,12H2,1-2H3. The molecule has 1 aromatic rings. The van der Waals surface area contributed by atoms with Crippen molar-refractivity contribution in [2.75, 3.05) is 24.5 Å². The van der Waals surface area contributed by atoms with Gasteiger partial charge in [0.05, 0.1) is 0 Å². The highest BCUT2D eigenvalue weighted by atomic mass is 79.9. The van der Waals surface area contributed by atoms with E-state index in [2.05, 4.69) is 15.9 Å². The average molecular weight is 367 g/mol. The lowest BCUT2D eigenvalue weighted by molar-refractivity contribution is -0.131. The van der Waals surface area contributed by atoms with Crippen molar-refractivity contribution in [3.05, 3.63) is 28.2 Å². The number of hydrogen-bond acceptors (Lipinski definition) is 2. The summed E-state index contributed by atoms with van der Waals surface area (Å²) in [5.41, 5.74) is 1.82. The van der Waals surface area contributed by atoms with Crippen LogP contribution in [0, 0.1) is 6.92 Å². The Morgan fingerprint density at radius 2 is 1.82 bits per heavy atom. The van der Waals surface area contributed by atoms with Gasteiger partial charge in [0.2, 0.25) is 11.8 Å². The highest BCUT2D eigenvalue weighted by molar-refractivity contribution is 9.10. The highest BCUT2D eigenvalue weighted by Gasteiger charge is 2.21. The monoisotopic (exact) mass is 366 g/mol. The smallest absolute Gasteiger partial charge is 0.242 e. The summed E-state index contributed by atoms with van der Waals surface area (Å²) in [5.74, 6) is -0.0671. The van der Waals surface area contributed by atoms with Crippen LogP contribution in [0.1, 0.15) is 38.2 Å². The first-order valence-electron chi connectivity index (χ1n) is 7.81. The number of hydrogen-bond donors (Lipinski definition) is 0. The summed E-state index contributed by atoms with van der Waals surface area (Å²) in [5, 5.41) is 0. The van der Waals surface area contributed by atoms with Crippen LogP contribution in [0.4, 0.5) is 5.69 Å². The molecular formula is C17H23BrN2O2. The average Bonchev–Trinajstić information content (AvgIpc) is 2.76. The topological polar surface area (TPSA) is 40.6 Å². The molecule has 2 amide bonds. The van der Waals surface area contributed by atoms with Gasteiger partial charge in [-0.2, -0.15) is 0 Å². The minimum atomic E-state index is -0.107. The Labute approximate surface area is 140 Å². The number of benzene rings is 1. The molecule has 1 heterocycles. The first-order valence-corrected chi connectivity index (χ1v) is 8.60. The van der Waals surface area contributed by atoms with Gasteiger partial charge in [-0.3, -0.25) is 9.59 Å². The minimum absolute atomic E-state index is 0.0395. The van der Waals surface area contributed by atoms with E-state index in [4.69, 9.17) is 0 Å². The number of carbonyl (C=O) groups is 2. The Kier molecular flexibility index (Phi) is 6.00. The van der Waals surface area contributed by atoms with Crippen molar-refractivity contribution in [1.82, 2.24) is 4.90 Å². The molecule has 5 heteroatoms. The summed E-state index contributed by atoms with van der Waals surface area (Å²) in [6, 6.07) is 5.71. The van der Waals surface area contributed by atoms with Crippen LogP contribution in [-0.2, 0) is 9.59 Å².